The first-order valence-electron chi connectivity index (χ1n) is 7.75. The van der Waals surface area contributed by atoms with Crippen molar-refractivity contribution in [2.75, 3.05) is 11.4 Å². The van der Waals surface area contributed by atoms with E-state index >= 15 is 0 Å². The van der Waals surface area contributed by atoms with Crippen molar-refractivity contribution in [1.29, 1.82) is 0 Å². The van der Waals surface area contributed by atoms with Crippen molar-refractivity contribution in [2.45, 2.75) is 23.9 Å². The molecule has 124 valence electrons. The van der Waals surface area contributed by atoms with E-state index < -0.39 is 16.0 Å². The van der Waals surface area contributed by atoms with Gasteiger partial charge in [0.25, 0.3) is 0 Å². The Labute approximate surface area is 140 Å². The van der Waals surface area contributed by atoms with Crippen LogP contribution < -0.4 is 14.4 Å². The molecule has 0 bridgehead atoms. The molecule has 24 heavy (non-hydrogen) atoms. The molecule has 2 aromatic rings. The molecule has 4 rings (SSSR count). The van der Waals surface area contributed by atoms with Crippen molar-refractivity contribution in [1.82, 2.24) is 4.72 Å². The molecule has 7 heteroatoms. The second-order valence-corrected chi connectivity index (χ2v) is 7.54. The third kappa shape index (κ3) is 2.55. The van der Waals surface area contributed by atoms with E-state index in [1.165, 1.54) is 6.07 Å². The SMILES string of the molecule is O=C(Oc1ccc2c(c1)S(=O)(=O)NC1CCCN21)c1ccccc1. The maximum Gasteiger partial charge on any atom is 0.343 e. The molecular formula is C17H16N2O4S. The number of fused-ring (bicyclic) bond motifs is 3. The van der Waals surface area contributed by atoms with E-state index in [0.717, 1.165) is 19.4 Å². The van der Waals surface area contributed by atoms with Crippen molar-refractivity contribution in [3.8, 4) is 5.75 Å². The zero-order valence-corrected chi connectivity index (χ0v) is 13.6. The molecule has 1 saturated heterocycles. The molecule has 0 amide bonds. The average Bonchev–Trinajstić information content (AvgIpc) is 3.03. The number of ether oxygens (including phenoxy) is 1. The highest BCUT2D eigenvalue weighted by molar-refractivity contribution is 7.89. The Hall–Kier alpha value is -2.38. The molecule has 0 aliphatic carbocycles. The zero-order chi connectivity index (χ0) is 16.7. The average molecular weight is 344 g/mol. The lowest BCUT2D eigenvalue weighted by atomic mass is 10.2. The van der Waals surface area contributed by atoms with E-state index in [9.17, 15) is 13.2 Å². The quantitative estimate of drug-likeness (QED) is 0.667. The summed E-state index contributed by atoms with van der Waals surface area (Å²) >= 11 is 0. The maximum atomic E-state index is 12.4. The first kappa shape index (κ1) is 15.2. The number of esters is 1. The lowest BCUT2D eigenvalue weighted by Gasteiger charge is -2.33. The van der Waals surface area contributed by atoms with Gasteiger partial charge >= 0.3 is 5.97 Å². The van der Waals surface area contributed by atoms with Crippen LogP contribution in [0.1, 0.15) is 23.2 Å². The molecule has 0 radical (unpaired) electrons. The van der Waals surface area contributed by atoms with Gasteiger partial charge in [0.05, 0.1) is 17.4 Å². The molecule has 0 aromatic heterocycles. The van der Waals surface area contributed by atoms with Gasteiger partial charge in [-0.15, -0.1) is 0 Å². The summed E-state index contributed by atoms with van der Waals surface area (Å²) in [7, 11) is -3.60. The zero-order valence-electron chi connectivity index (χ0n) is 12.8. The van der Waals surface area contributed by atoms with Crippen LogP contribution in [0.3, 0.4) is 0 Å². The van der Waals surface area contributed by atoms with Gasteiger partial charge in [-0.25, -0.2) is 13.2 Å². The Bertz CT molecular complexity index is 896. The summed E-state index contributed by atoms with van der Waals surface area (Å²) in [6.45, 7) is 0.809. The largest absolute Gasteiger partial charge is 0.423 e. The minimum atomic E-state index is -3.60. The fourth-order valence-electron chi connectivity index (χ4n) is 3.17. The van der Waals surface area contributed by atoms with Crippen LogP contribution in [-0.4, -0.2) is 27.1 Å². The van der Waals surface area contributed by atoms with Crippen LogP contribution in [0.25, 0.3) is 0 Å². The van der Waals surface area contributed by atoms with Crippen molar-refractivity contribution >= 4 is 21.7 Å². The Morgan fingerprint density at radius 3 is 2.75 bits per heavy atom. The van der Waals surface area contributed by atoms with Crippen molar-refractivity contribution in [2.24, 2.45) is 0 Å². The summed E-state index contributed by atoms with van der Waals surface area (Å²) in [6.07, 6.45) is 1.56. The van der Waals surface area contributed by atoms with Gasteiger partial charge in [-0.05, 0) is 37.1 Å². The van der Waals surface area contributed by atoms with Crippen molar-refractivity contribution in [3.05, 3.63) is 54.1 Å². The molecule has 1 atom stereocenters. The molecule has 2 aromatic carbocycles. The van der Waals surface area contributed by atoms with Crippen molar-refractivity contribution in [3.63, 3.8) is 0 Å². The third-order valence-electron chi connectivity index (χ3n) is 4.29. The lowest BCUT2D eigenvalue weighted by Crippen LogP contribution is -2.48. The Balaban J connectivity index is 1.67. The normalized spacial score (nSPS) is 21.0. The van der Waals surface area contributed by atoms with Gasteiger partial charge in [-0.3, -0.25) is 0 Å². The van der Waals surface area contributed by atoms with Crippen LogP contribution in [-0.2, 0) is 10.0 Å². The minimum Gasteiger partial charge on any atom is -0.423 e. The second kappa shape index (κ2) is 5.61. The highest BCUT2D eigenvalue weighted by atomic mass is 32.2. The molecule has 2 aliphatic heterocycles. The second-order valence-electron chi connectivity index (χ2n) is 5.86. The Morgan fingerprint density at radius 1 is 1.17 bits per heavy atom. The van der Waals surface area contributed by atoms with Gasteiger partial charge in [-0.1, -0.05) is 18.2 Å². The number of rotatable bonds is 2. The molecule has 1 N–H and O–H groups in total. The molecule has 1 fully saturated rings. The minimum absolute atomic E-state index is 0.152. The van der Waals surface area contributed by atoms with Crippen LogP contribution in [0.15, 0.2) is 53.4 Å². The van der Waals surface area contributed by atoms with Gasteiger partial charge in [0.2, 0.25) is 10.0 Å². The number of carbonyl (C=O) groups is 1. The lowest BCUT2D eigenvalue weighted by molar-refractivity contribution is 0.0734. The van der Waals surface area contributed by atoms with Gasteiger partial charge in [0, 0.05) is 12.6 Å². The van der Waals surface area contributed by atoms with Crippen LogP contribution in [0.5, 0.6) is 5.75 Å². The number of anilines is 1. The highest BCUT2D eigenvalue weighted by Crippen LogP contribution is 2.37. The van der Waals surface area contributed by atoms with Crippen LogP contribution in [0.2, 0.25) is 0 Å². The summed E-state index contributed by atoms with van der Waals surface area (Å²) in [4.78, 5) is 14.3. The van der Waals surface area contributed by atoms with E-state index in [4.69, 9.17) is 4.74 Å². The van der Waals surface area contributed by atoms with Crippen LogP contribution >= 0.6 is 0 Å². The molecule has 6 nitrogen and oxygen atoms in total. The van der Waals surface area contributed by atoms with E-state index in [2.05, 4.69) is 4.72 Å². The molecule has 0 saturated carbocycles. The smallest absolute Gasteiger partial charge is 0.343 e. The first-order chi connectivity index (χ1) is 11.5. The van der Waals surface area contributed by atoms with Crippen LogP contribution in [0.4, 0.5) is 5.69 Å². The van der Waals surface area contributed by atoms with Gasteiger partial charge < -0.3 is 9.64 Å². The topological polar surface area (TPSA) is 75.7 Å². The Kier molecular flexibility index (Phi) is 3.54. The Morgan fingerprint density at radius 2 is 1.96 bits per heavy atom. The summed E-state index contributed by atoms with van der Waals surface area (Å²) in [6, 6.07) is 13.3. The van der Waals surface area contributed by atoms with E-state index in [0.29, 0.717) is 11.3 Å². The van der Waals surface area contributed by atoms with E-state index in [-0.39, 0.29) is 16.8 Å². The standard InChI is InChI=1S/C17H16N2O4S/c20-17(12-5-2-1-3-6-12)23-13-8-9-14-15(11-13)24(21,22)18-16-7-4-10-19(14)16/h1-3,5-6,8-9,11,16,18H,4,7,10H2. The molecule has 1 unspecified atom stereocenters. The molecule has 2 heterocycles. The van der Waals surface area contributed by atoms with Crippen LogP contribution in [0, 0.1) is 0 Å². The monoisotopic (exact) mass is 344 g/mol. The fraction of sp³-hybridized carbons (Fsp3) is 0.235. The van der Waals surface area contributed by atoms with E-state index in [1.54, 1.807) is 42.5 Å². The fourth-order valence-corrected chi connectivity index (χ4v) is 4.63. The summed E-state index contributed by atoms with van der Waals surface area (Å²) in [5.74, 6) is -0.304. The number of hydrogen-bond donors (Lipinski definition) is 1. The maximum absolute atomic E-state index is 12.4. The predicted octanol–water partition coefficient (Wildman–Crippen LogP) is 2.12. The summed E-state index contributed by atoms with van der Waals surface area (Å²) in [5, 5.41) is 0. The first-order valence-corrected chi connectivity index (χ1v) is 9.23. The van der Waals surface area contributed by atoms with Crippen molar-refractivity contribution < 1.29 is 17.9 Å². The molecule has 0 spiro atoms. The third-order valence-corrected chi connectivity index (χ3v) is 5.78. The summed E-state index contributed by atoms with van der Waals surface area (Å²) < 4.78 is 32.9. The number of nitrogens with one attached hydrogen (secondary N) is 1. The number of carbonyl (C=O) groups excluding carboxylic acids is 1. The summed E-state index contributed by atoms with van der Waals surface area (Å²) in [5.41, 5.74) is 1.08. The number of nitrogens with zero attached hydrogens (tertiary/aromatic N) is 1. The molecular weight excluding hydrogens is 328 g/mol. The predicted molar refractivity (Wildman–Crippen MR) is 88.5 cm³/mol. The number of hydrogen-bond acceptors (Lipinski definition) is 5. The van der Waals surface area contributed by atoms with Gasteiger partial charge in [0.15, 0.2) is 0 Å². The number of sulfonamides is 1. The molecule has 2 aliphatic rings. The van der Waals surface area contributed by atoms with Gasteiger partial charge in [0.1, 0.15) is 10.6 Å². The van der Waals surface area contributed by atoms with Gasteiger partial charge in [-0.2, -0.15) is 4.72 Å². The van der Waals surface area contributed by atoms with E-state index in [1.807, 2.05) is 4.90 Å². The highest BCUT2D eigenvalue weighted by Gasteiger charge is 2.37. The number of benzene rings is 2.